The lowest BCUT2D eigenvalue weighted by Gasteiger charge is -2.22. The molecule has 8 aromatic carbocycles. The van der Waals surface area contributed by atoms with Gasteiger partial charge >= 0.3 is 6.18 Å². The van der Waals surface area contributed by atoms with Gasteiger partial charge in [-0.3, -0.25) is 0 Å². The lowest BCUT2D eigenvalue weighted by molar-refractivity contribution is -0.137. The van der Waals surface area contributed by atoms with E-state index >= 15 is 13.2 Å². The normalized spacial score (nSPS) is 12.5. The first-order valence-corrected chi connectivity index (χ1v) is 23.1. The second-order valence-electron chi connectivity index (χ2n) is 19.8. The molecule has 0 aliphatic carbocycles. The van der Waals surface area contributed by atoms with E-state index in [0.29, 0.717) is 39.7 Å². The zero-order chi connectivity index (χ0) is 47.1. The maximum Gasteiger partial charge on any atom is 0.417 e. The van der Waals surface area contributed by atoms with Crippen molar-refractivity contribution in [3.8, 4) is 56.4 Å². The van der Waals surface area contributed by atoms with Crippen LogP contribution in [0, 0.1) is 0 Å². The summed E-state index contributed by atoms with van der Waals surface area (Å²) >= 11 is 0. The van der Waals surface area contributed by atoms with Gasteiger partial charge in [-0.15, -0.1) is 0 Å². The number of para-hydroxylation sites is 2. The molecule has 0 saturated carbocycles. The summed E-state index contributed by atoms with van der Waals surface area (Å²) < 4.78 is 51.9. The van der Waals surface area contributed by atoms with E-state index in [4.69, 9.17) is 9.97 Å². The number of nitrogens with zero attached hydrogens (tertiary/aromatic N) is 4. The number of halogens is 3. The van der Waals surface area contributed by atoms with Crippen LogP contribution in [0.5, 0.6) is 0 Å². The van der Waals surface area contributed by atoms with Gasteiger partial charge in [0.15, 0.2) is 5.82 Å². The Labute approximate surface area is 394 Å². The highest BCUT2D eigenvalue weighted by atomic mass is 19.4. The molecule has 11 aromatic rings. The number of rotatable bonds is 6. The minimum atomic E-state index is -4.69. The van der Waals surface area contributed by atoms with E-state index in [-0.39, 0.29) is 16.4 Å². The summed E-state index contributed by atoms with van der Waals surface area (Å²) in [5.74, 6) is 0.517. The first kappa shape index (κ1) is 42.8. The van der Waals surface area contributed by atoms with Gasteiger partial charge in [-0.25, -0.2) is 9.97 Å². The molecule has 0 spiro atoms. The number of fused-ring (bicyclic) bond motifs is 6. The van der Waals surface area contributed by atoms with E-state index < -0.39 is 11.7 Å². The van der Waals surface area contributed by atoms with Crippen molar-refractivity contribution < 1.29 is 13.2 Å². The maximum atomic E-state index is 15.9. The Kier molecular flexibility index (Phi) is 10.0. The molecule has 3 aromatic heterocycles. The predicted octanol–water partition coefficient (Wildman–Crippen LogP) is 17.0. The van der Waals surface area contributed by atoms with Gasteiger partial charge in [0, 0.05) is 49.5 Å². The molecule has 334 valence electrons. The van der Waals surface area contributed by atoms with Crippen LogP contribution in [0.2, 0.25) is 0 Å². The second kappa shape index (κ2) is 15.9. The van der Waals surface area contributed by atoms with Crippen molar-refractivity contribution in [1.29, 1.82) is 0 Å². The molecule has 4 nitrogen and oxygen atoms in total. The van der Waals surface area contributed by atoms with Crippen molar-refractivity contribution in [1.82, 2.24) is 19.1 Å². The summed E-state index contributed by atoms with van der Waals surface area (Å²) in [6.45, 7) is 13.1. The van der Waals surface area contributed by atoms with Crippen LogP contribution in [-0.4, -0.2) is 19.1 Å². The van der Waals surface area contributed by atoms with Crippen molar-refractivity contribution in [3.63, 3.8) is 0 Å². The van der Waals surface area contributed by atoms with Gasteiger partial charge in [0.2, 0.25) is 0 Å². The number of hydrogen-bond acceptors (Lipinski definition) is 2. The smallest absolute Gasteiger partial charge is 0.309 e. The van der Waals surface area contributed by atoms with Gasteiger partial charge in [-0.1, -0.05) is 157 Å². The topological polar surface area (TPSA) is 35.6 Å². The molecule has 0 fully saturated rings. The van der Waals surface area contributed by atoms with E-state index in [9.17, 15) is 0 Å². The molecule has 68 heavy (non-hydrogen) atoms. The van der Waals surface area contributed by atoms with Crippen LogP contribution in [0.25, 0.3) is 100 Å². The van der Waals surface area contributed by atoms with Crippen LogP contribution < -0.4 is 0 Å². The summed E-state index contributed by atoms with van der Waals surface area (Å²) in [6.07, 6.45) is -4.69. The van der Waals surface area contributed by atoms with Gasteiger partial charge in [-0.05, 0) is 100 Å². The summed E-state index contributed by atoms with van der Waals surface area (Å²) in [4.78, 5) is 10.2. The van der Waals surface area contributed by atoms with Crippen LogP contribution in [0.15, 0.2) is 188 Å². The summed E-state index contributed by atoms with van der Waals surface area (Å²) in [5.41, 5.74) is 10.4. The molecule has 7 heteroatoms. The van der Waals surface area contributed by atoms with Crippen LogP contribution >= 0.6 is 0 Å². The molecule has 0 N–H and O–H groups in total. The minimum absolute atomic E-state index is 0.0574. The highest BCUT2D eigenvalue weighted by Gasteiger charge is 2.35. The third kappa shape index (κ3) is 7.43. The zero-order valence-corrected chi connectivity index (χ0v) is 38.8. The van der Waals surface area contributed by atoms with Gasteiger partial charge in [0.1, 0.15) is 0 Å². The third-order valence-corrected chi connectivity index (χ3v) is 13.3. The fourth-order valence-electron chi connectivity index (χ4n) is 9.73. The van der Waals surface area contributed by atoms with Gasteiger partial charge < -0.3 is 9.13 Å². The Balaban J connectivity index is 1.23. The van der Waals surface area contributed by atoms with E-state index in [2.05, 4.69) is 105 Å². The van der Waals surface area contributed by atoms with Crippen molar-refractivity contribution in [2.75, 3.05) is 0 Å². The number of aromatic nitrogens is 4. The van der Waals surface area contributed by atoms with Crippen LogP contribution in [-0.2, 0) is 17.0 Å². The Morgan fingerprint density at radius 2 is 0.882 bits per heavy atom. The third-order valence-electron chi connectivity index (χ3n) is 13.3. The lowest BCUT2D eigenvalue weighted by Crippen LogP contribution is -2.11. The fraction of sp³-hybridized carbons (Fsp3) is 0.148. The lowest BCUT2D eigenvalue weighted by atomic mass is 9.86. The molecule has 0 aliphatic rings. The standard InChI is InChI=1S/C61H49F3N4/c1-59(2,3)41-26-31-55-48(34-41)44-21-13-15-23-53(44)67(55)43-28-29-50(61(62,63)64)46(36-43)47-33-40(52-37-51(38-17-9-7-10-18-38)65-58(66-52)39-19-11-8-12-20-39)25-30-56(47)68-54-24-16-14-22-45(54)49-35-42(60(4,5)6)27-32-57(49)68/h7-37H,1-6H3. The Morgan fingerprint density at radius 1 is 0.382 bits per heavy atom. The number of benzene rings is 8. The Bertz CT molecular complexity index is 3680. The van der Waals surface area contributed by atoms with Crippen LogP contribution in [0.1, 0.15) is 58.2 Å². The first-order chi connectivity index (χ1) is 32.6. The highest BCUT2D eigenvalue weighted by Crippen LogP contribution is 2.46. The predicted molar refractivity (Wildman–Crippen MR) is 275 cm³/mol. The van der Waals surface area contributed by atoms with Crippen LogP contribution in [0.4, 0.5) is 13.2 Å². The quantitative estimate of drug-likeness (QED) is 0.167. The molecule has 0 radical (unpaired) electrons. The average Bonchev–Trinajstić information content (AvgIpc) is 3.85. The van der Waals surface area contributed by atoms with Crippen LogP contribution in [0.3, 0.4) is 0 Å². The molecule has 0 saturated heterocycles. The molecule has 0 amide bonds. The van der Waals surface area contributed by atoms with E-state index in [1.165, 1.54) is 17.2 Å². The second-order valence-corrected chi connectivity index (χ2v) is 19.8. The largest absolute Gasteiger partial charge is 0.417 e. The van der Waals surface area contributed by atoms with E-state index in [0.717, 1.165) is 54.7 Å². The molecular weight excluding hydrogens is 846 g/mol. The van der Waals surface area contributed by atoms with E-state index in [1.807, 2.05) is 115 Å². The van der Waals surface area contributed by atoms with Crippen molar-refractivity contribution in [2.45, 2.75) is 58.5 Å². The minimum Gasteiger partial charge on any atom is -0.309 e. The van der Waals surface area contributed by atoms with Crippen molar-refractivity contribution >= 4 is 43.6 Å². The zero-order valence-electron chi connectivity index (χ0n) is 38.8. The summed E-state index contributed by atoms with van der Waals surface area (Å²) in [6, 6.07) is 61.3. The Hall–Kier alpha value is -7.77. The van der Waals surface area contributed by atoms with E-state index in [1.54, 1.807) is 12.1 Å². The average molecular weight is 895 g/mol. The highest BCUT2D eigenvalue weighted by molar-refractivity contribution is 6.11. The SMILES string of the molecule is CC(C)(C)c1ccc2c(c1)c1ccccc1n2-c1ccc(C(F)(F)F)c(-c2cc(-c3cc(-c4ccccc4)nc(-c4ccccc4)n3)ccc2-n2c3ccccc3c3cc(C(C)(C)C)ccc32)c1. The monoisotopic (exact) mass is 894 g/mol. The molecule has 0 unspecified atom stereocenters. The number of hydrogen-bond donors (Lipinski definition) is 0. The van der Waals surface area contributed by atoms with Crippen molar-refractivity contribution in [2.24, 2.45) is 0 Å². The maximum absolute atomic E-state index is 15.9. The summed E-state index contributed by atoms with van der Waals surface area (Å²) in [5, 5.41) is 4.13. The Morgan fingerprint density at radius 3 is 1.46 bits per heavy atom. The van der Waals surface area contributed by atoms with Gasteiger partial charge in [0.05, 0.1) is 44.7 Å². The first-order valence-electron chi connectivity index (χ1n) is 23.1. The van der Waals surface area contributed by atoms with Gasteiger partial charge in [0.25, 0.3) is 0 Å². The molecule has 0 bridgehead atoms. The summed E-state index contributed by atoms with van der Waals surface area (Å²) in [7, 11) is 0. The molecule has 11 rings (SSSR count). The molecular formula is C61H49F3N4. The molecule has 0 atom stereocenters. The molecule has 3 heterocycles. The number of alkyl halides is 3. The van der Waals surface area contributed by atoms with Crippen molar-refractivity contribution in [3.05, 3.63) is 205 Å². The fourth-order valence-corrected chi connectivity index (χ4v) is 9.73. The molecule has 0 aliphatic heterocycles. The van der Waals surface area contributed by atoms with Gasteiger partial charge in [-0.2, -0.15) is 13.2 Å².